The van der Waals surface area contributed by atoms with Crippen LogP contribution in [0.4, 0.5) is 0 Å². The van der Waals surface area contributed by atoms with E-state index in [0.717, 1.165) is 27.0 Å². The van der Waals surface area contributed by atoms with Gasteiger partial charge >= 0.3 is 0 Å². The minimum Gasteiger partial charge on any atom is -0.343 e. The summed E-state index contributed by atoms with van der Waals surface area (Å²) in [6, 6.07) is 11.5. The van der Waals surface area contributed by atoms with Gasteiger partial charge in [0.25, 0.3) is 5.91 Å². The second-order valence-corrected chi connectivity index (χ2v) is 7.29. The van der Waals surface area contributed by atoms with Gasteiger partial charge in [-0.15, -0.1) is 11.3 Å². The standard InChI is InChI=1S/C21H15N7OS/c29-21(25-11-18-23-7-2-8-24-18)19-20(30-13-26-19)14-4-5-17-15(9-14)12-28(27-17)16-3-1-6-22-10-16/h1-10,12-13H,11H2,(H,25,29). The van der Waals surface area contributed by atoms with Crippen molar-refractivity contribution in [3.8, 4) is 16.1 Å². The number of carbonyl (C=O) groups excluding carboxylic acids is 1. The summed E-state index contributed by atoms with van der Waals surface area (Å²) in [5, 5.41) is 8.39. The van der Waals surface area contributed by atoms with Gasteiger partial charge in [0.15, 0.2) is 0 Å². The lowest BCUT2D eigenvalue weighted by molar-refractivity contribution is 0.0946. The first-order valence-electron chi connectivity index (χ1n) is 9.16. The molecular formula is C21H15N7OS. The Labute approximate surface area is 175 Å². The fraction of sp³-hybridized carbons (Fsp3) is 0.0476. The highest BCUT2D eigenvalue weighted by Gasteiger charge is 2.17. The number of fused-ring (bicyclic) bond motifs is 1. The molecule has 0 aliphatic rings. The van der Waals surface area contributed by atoms with Gasteiger partial charge in [0.1, 0.15) is 11.5 Å². The van der Waals surface area contributed by atoms with Crippen LogP contribution in [0.3, 0.4) is 0 Å². The highest BCUT2D eigenvalue weighted by atomic mass is 32.1. The van der Waals surface area contributed by atoms with Crippen LogP contribution in [0, 0.1) is 0 Å². The highest BCUT2D eigenvalue weighted by molar-refractivity contribution is 7.13. The van der Waals surface area contributed by atoms with E-state index in [-0.39, 0.29) is 12.5 Å². The Hall–Kier alpha value is -3.98. The minimum atomic E-state index is -0.259. The van der Waals surface area contributed by atoms with Gasteiger partial charge in [0.05, 0.1) is 34.3 Å². The Kier molecular flexibility index (Phi) is 4.70. The molecule has 0 saturated heterocycles. The Balaban J connectivity index is 1.42. The molecule has 4 aromatic heterocycles. The van der Waals surface area contributed by atoms with Crippen molar-refractivity contribution in [2.45, 2.75) is 6.54 Å². The summed E-state index contributed by atoms with van der Waals surface area (Å²) in [7, 11) is 0. The average molecular weight is 413 g/mol. The predicted molar refractivity (Wildman–Crippen MR) is 113 cm³/mol. The zero-order valence-corrected chi connectivity index (χ0v) is 16.5. The Morgan fingerprint density at radius 2 is 1.97 bits per heavy atom. The van der Waals surface area contributed by atoms with E-state index in [9.17, 15) is 4.79 Å². The van der Waals surface area contributed by atoms with Crippen molar-refractivity contribution in [1.82, 2.24) is 35.0 Å². The van der Waals surface area contributed by atoms with Crippen LogP contribution in [0.15, 0.2) is 72.9 Å². The molecule has 0 fully saturated rings. The van der Waals surface area contributed by atoms with E-state index in [1.165, 1.54) is 11.3 Å². The lowest BCUT2D eigenvalue weighted by Crippen LogP contribution is -2.24. The molecule has 0 unspecified atom stereocenters. The second-order valence-electron chi connectivity index (χ2n) is 6.44. The maximum atomic E-state index is 12.7. The van der Waals surface area contributed by atoms with Crippen LogP contribution in [0.25, 0.3) is 27.0 Å². The van der Waals surface area contributed by atoms with Gasteiger partial charge in [-0.1, -0.05) is 6.07 Å². The number of hydrogen-bond acceptors (Lipinski definition) is 7. The van der Waals surface area contributed by atoms with Gasteiger partial charge in [-0.2, -0.15) is 5.10 Å². The Morgan fingerprint density at radius 1 is 1.07 bits per heavy atom. The van der Waals surface area contributed by atoms with Gasteiger partial charge in [0, 0.05) is 30.2 Å². The zero-order chi connectivity index (χ0) is 20.3. The van der Waals surface area contributed by atoms with Gasteiger partial charge in [-0.25, -0.2) is 19.6 Å². The highest BCUT2D eigenvalue weighted by Crippen LogP contribution is 2.30. The van der Waals surface area contributed by atoms with Crippen molar-refractivity contribution in [1.29, 1.82) is 0 Å². The number of nitrogens with one attached hydrogen (secondary N) is 1. The van der Waals surface area contributed by atoms with E-state index >= 15 is 0 Å². The molecule has 1 aromatic carbocycles. The molecule has 0 atom stereocenters. The van der Waals surface area contributed by atoms with E-state index in [0.29, 0.717) is 11.5 Å². The number of amides is 1. The fourth-order valence-corrected chi connectivity index (χ4v) is 3.85. The molecule has 0 spiro atoms. The average Bonchev–Trinajstić information content (AvgIpc) is 3.45. The molecule has 0 aliphatic carbocycles. The van der Waals surface area contributed by atoms with Gasteiger partial charge in [-0.05, 0) is 35.9 Å². The van der Waals surface area contributed by atoms with Crippen LogP contribution in [-0.4, -0.2) is 35.6 Å². The monoisotopic (exact) mass is 413 g/mol. The smallest absolute Gasteiger partial charge is 0.271 e. The third-order valence-electron chi connectivity index (χ3n) is 4.49. The molecule has 0 aliphatic heterocycles. The van der Waals surface area contributed by atoms with Crippen molar-refractivity contribution in [2.24, 2.45) is 0 Å². The first kappa shape index (κ1) is 18.1. The molecule has 0 saturated carbocycles. The summed E-state index contributed by atoms with van der Waals surface area (Å²) >= 11 is 1.42. The minimum absolute atomic E-state index is 0.244. The number of hydrogen-bond donors (Lipinski definition) is 1. The van der Waals surface area contributed by atoms with Crippen molar-refractivity contribution in [2.75, 3.05) is 0 Å². The van der Waals surface area contributed by atoms with Crippen LogP contribution in [0.2, 0.25) is 0 Å². The van der Waals surface area contributed by atoms with Crippen LogP contribution < -0.4 is 5.32 Å². The number of rotatable bonds is 5. The molecule has 0 bridgehead atoms. The molecule has 9 heteroatoms. The lowest BCUT2D eigenvalue weighted by atomic mass is 10.1. The summed E-state index contributed by atoms with van der Waals surface area (Å²) in [5.74, 6) is 0.289. The molecule has 1 amide bonds. The quantitative estimate of drug-likeness (QED) is 0.475. The third-order valence-corrected chi connectivity index (χ3v) is 5.36. The van der Waals surface area contributed by atoms with Gasteiger partial charge in [0.2, 0.25) is 0 Å². The Bertz CT molecular complexity index is 1320. The lowest BCUT2D eigenvalue weighted by Gasteiger charge is -2.05. The summed E-state index contributed by atoms with van der Waals surface area (Å²) in [5.41, 5.74) is 4.72. The molecule has 8 nitrogen and oxygen atoms in total. The van der Waals surface area contributed by atoms with E-state index in [1.807, 2.05) is 36.5 Å². The van der Waals surface area contributed by atoms with Crippen molar-refractivity contribution in [3.63, 3.8) is 0 Å². The second kappa shape index (κ2) is 7.80. The normalized spacial score (nSPS) is 10.9. The summed E-state index contributed by atoms with van der Waals surface area (Å²) in [4.78, 5) is 30.1. The number of nitrogens with zero attached hydrogens (tertiary/aromatic N) is 6. The predicted octanol–water partition coefficient (Wildman–Crippen LogP) is 3.26. The molecule has 1 N–H and O–H groups in total. The third kappa shape index (κ3) is 3.53. The van der Waals surface area contributed by atoms with Gasteiger partial charge in [-0.3, -0.25) is 9.78 Å². The van der Waals surface area contributed by atoms with Crippen LogP contribution >= 0.6 is 11.3 Å². The van der Waals surface area contributed by atoms with Crippen LogP contribution in [0.1, 0.15) is 16.3 Å². The molecule has 146 valence electrons. The molecule has 5 rings (SSSR count). The van der Waals surface area contributed by atoms with Crippen LogP contribution in [0.5, 0.6) is 0 Å². The molecule has 0 radical (unpaired) electrons. The molecule has 4 heterocycles. The zero-order valence-electron chi connectivity index (χ0n) is 15.6. The summed E-state index contributed by atoms with van der Waals surface area (Å²) < 4.78 is 1.79. The topological polar surface area (TPSA) is 98.5 Å². The van der Waals surface area contributed by atoms with Gasteiger partial charge < -0.3 is 5.32 Å². The molecule has 30 heavy (non-hydrogen) atoms. The summed E-state index contributed by atoms with van der Waals surface area (Å²) in [6.45, 7) is 0.244. The van der Waals surface area contributed by atoms with E-state index in [1.54, 1.807) is 41.0 Å². The largest absolute Gasteiger partial charge is 0.343 e. The SMILES string of the molecule is O=C(NCc1ncccn1)c1ncsc1-c1ccc2nn(-c3cccnc3)cc2c1. The number of aromatic nitrogens is 6. The van der Waals surface area contributed by atoms with E-state index < -0.39 is 0 Å². The maximum Gasteiger partial charge on any atom is 0.271 e. The van der Waals surface area contributed by atoms with E-state index in [4.69, 9.17) is 0 Å². The Morgan fingerprint density at radius 3 is 2.80 bits per heavy atom. The van der Waals surface area contributed by atoms with E-state index in [2.05, 4.69) is 30.4 Å². The fourth-order valence-electron chi connectivity index (χ4n) is 3.07. The van der Waals surface area contributed by atoms with Crippen molar-refractivity contribution in [3.05, 3.63) is 84.4 Å². The van der Waals surface area contributed by atoms with Crippen molar-refractivity contribution >= 4 is 28.1 Å². The maximum absolute atomic E-state index is 12.7. The van der Waals surface area contributed by atoms with Crippen LogP contribution in [-0.2, 0) is 6.54 Å². The summed E-state index contributed by atoms with van der Waals surface area (Å²) in [6.07, 6.45) is 8.72. The first-order valence-corrected chi connectivity index (χ1v) is 10.0. The number of pyridine rings is 1. The molecular weight excluding hydrogens is 398 g/mol. The first-order chi connectivity index (χ1) is 14.8. The molecule has 5 aromatic rings. The van der Waals surface area contributed by atoms with Crippen molar-refractivity contribution < 1.29 is 4.79 Å². The number of carbonyl (C=O) groups is 1. The number of thiazole rings is 1. The number of benzene rings is 1.